The maximum atomic E-state index is 14.1. The number of aromatic nitrogens is 2. The molecule has 4 heterocycles. The van der Waals surface area contributed by atoms with Crippen LogP contribution in [0.2, 0.25) is 0 Å². The minimum absolute atomic E-state index is 0.0606. The second kappa shape index (κ2) is 10.6. The van der Waals surface area contributed by atoms with E-state index < -0.39 is 5.82 Å². The van der Waals surface area contributed by atoms with Crippen LogP contribution in [0.25, 0.3) is 0 Å². The van der Waals surface area contributed by atoms with Crippen molar-refractivity contribution in [1.29, 1.82) is 5.26 Å². The van der Waals surface area contributed by atoms with E-state index in [9.17, 15) is 19.2 Å². The summed E-state index contributed by atoms with van der Waals surface area (Å²) in [5, 5.41) is 9.34. The predicted octanol–water partition coefficient (Wildman–Crippen LogP) is 4.38. The van der Waals surface area contributed by atoms with Crippen LogP contribution in [0.5, 0.6) is 0 Å². The molecular weight excluding hydrogens is 509 g/mol. The summed E-state index contributed by atoms with van der Waals surface area (Å²) in [6.45, 7) is 5.53. The van der Waals surface area contributed by atoms with Gasteiger partial charge in [0.05, 0.1) is 29.2 Å². The summed E-state index contributed by atoms with van der Waals surface area (Å²) in [6.07, 6.45) is 4.15. The number of carbonyl (C=O) groups is 2. The topological polar surface area (TPSA) is 96.7 Å². The number of benzene rings is 2. The number of halogens is 1. The van der Waals surface area contributed by atoms with Gasteiger partial charge in [0, 0.05) is 51.6 Å². The number of fused-ring (bicyclic) bond motifs is 2. The van der Waals surface area contributed by atoms with Crippen LogP contribution < -0.4 is 9.80 Å². The Balaban J connectivity index is 1.18. The number of hydrogen-bond acceptors (Lipinski definition) is 6. The van der Waals surface area contributed by atoms with E-state index in [-0.39, 0.29) is 17.5 Å². The molecule has 0 bridgehead atoms. The molecule has 204 valence electrons. The second-order valence-electron chi connectivity index (χ2n) is 10.6. The van der Waals surface area contributed by atoms with Crippen molar-refractivity contribution in [2.75, 3.05) is 36.0 Å². The molecule has 0 unspecified atom stereocenters. The van der Waals surface area contributed by atoms with Gasteiger partial charge in [0.2, 0.25) is 5.91 Å². The molecule has 3 aliphatic heterocycles. The Morgan fingerprint density at radius 1 is 1.10 bits per heavy atom. The quantitative estimate of drug-likeness (QED) is 0.488. The summed E-state index contributed by atoms with van der Waals surface area (Å²) in [7, 11) is 0. The summed E-state index contributed by atoms with van der Waals surface area (Å²) in [6, 6.07) is 13.6. The molecule has 1 fully saturated rings. The maximum Gasteiger partial charge on any atom is 0.329 e. The lowest BCUT2D eigenvalue weighted by atomic mass is 9.94. The van der Waals surface area contributed by atoms with Gasteiger partial charge in [-0.15, -0.1) is 0 Å². The van der Waals surface area contributed by atoms with Crippen LogP contribution in [0.3, 0.4) is 0 Å². The fourth-order valence-electron chi connectivity index (χ4n) is 6.02. The summed E-state index contributed by atoms with van der Waals surface area (Å²) in [4.78, 5) is 42.4. The molecule has 3 aromatic rings. The minimum atomic E-state index is -0.605. The molecule has 0 N–H and O–H groups in total. The molecule has 0 aliphatic carbocycles. The molecule has 1 saturated heterocycles. The van der Waals surface area contributed by atoms with Gasteiger partial charge >= 0.3 is 6.03 Å². The first-order valence-corrected chi connectivity index (χ1v) is 13.6. The summed E-state index contributed by atoms with van der Waals surface area (Å²) in [5.74, 6) is 0.673. The lowest BCUT2D eigenvalue weighted by Crippen LogP contribution is -2.48. The number of para-hydroxylation sites is 1. The highest BCUT2D eigenvalue weighted by atomic mass is 19.1. The number of amides is 3. The van der Waals surface area contributed by atoms with E-state index >= 15 is 0 Å². The zero-order chi connectivity index (χ0) is 27.8. The van der Waals surface area contributed by atoms with Crippen molar-refractivity contribution in [3.63, 3.8) is 0 Å². The standard InChI is InChI=1S/C30H30FN7O2/c1-20(39)36-13-10-27-25(18-36)29(34-19-33-27)35-11-8-21(9-12-35)16-37-17-22-4-2-3-5-28(22)38(30(37)40)24-6-7-26(31)23(14-24)15-32/h2-7,14,19,21H,8-13,16-18H2,1H3. The Bertz CT molecular complexity index is 1510. The van der Waals surface area contributed by atoms with E-state index in [1.807, 2.05) is 40.1 Å². The molecular formula is C30H30FN7O2. The van der Waals surface area contributed by atoms with E-state index in [1.54, 1.807) is 24.2 Å². The molecule has 3 aliphatic rings. The van der Waals surface area contributed by atoms with Crippen LogP contribution in [0.4, 0.5) is 26.4 Å². The van der Waals surface area contributed by atoms with Gasteiger partial charge in [-0.1, -0.05) is 18.2 Å². The first-order chi connectivity index (χ1) is 19.4. The van der Waals surface area contributed by atoms with E-state index in [4.69, 9.17) is 0 Å². The Morgan fingerprint density at radius 3 is 2.67 bits per heavy atom. The van der Waals surface area contributed by atoms with Gasteiger partial charge < -0.3 is 14.7 Å². The molecule has 1 aromatic heterocycles. The smallest absolute Gasteiger partial charge is 0.329 e. The van der Waals surface area contributed by atoms with Crippen molar-refractivity contribution in [2.45, 2.75) is 39.3 Å². The SMILES string of the molecule is CC(=O)N1CCc2ncnc(N3CCC(CN4Cc5ccccc5N(c5ccc(F)c(C#N)c5)C4=O)CC3)c2C1. The van der Waals surface area contributed by atoms with Crippen LogP contribution in [-0.2, 0) is 24.3 Å². The Morgan fingerprint density at radius 2 is 1.90 bits per heavy atom. The number of piperidine rings is 1. The molecule has 0 atom stereocenters. The highest BCUT2D eigenvalue weighted by molar-refractivity contribution is 6.02. The van der Waals surface area contributed by atoms with Crippen LogP contribution in [0.15, 0.2) is 48.8 Å². The van der Waals surface area contributed by atoms with Crippen molar-refractivity contribution >= 4 is 29.1 Å². The first-order valence-electron chi connectivity index (χ1n) is 13.6. The highest BCUT2D eigenvalue weighted by Crippen LogP contribution is 2.37. The molecule has 3 amide bonds. The lowest BCUT2D eigenvalue weighted by Gasteiger charge is -2.41. The first kappa shape index (κ1) is 25.7. The predicted molar refractivity (Wildman–Crippen MR) is 147 cm³/mol. The van der Waals surface area contributed by atoms with Gasteiger partial charge in [-0.25, -0.2) is 19.2 Å². The number of nitrogens with zero attached hydrogens (tertiary/aromatic N) is 7. The molecule has 9 nitrogen and oxygen atoms in total. The monoisotopic (exact) mass is 539 g/mol. The average Bonchev–Trinajstić information content (AvgIpc) is 2.98. The molecule has 10 heteroatoms. The third-order valence-corrected chi connectivity index (χ3v) is 8.20. The van der Waals surface area contributed by atoms with Gasteiger partial charge in [-0.2, -0.15) is 5.26 Å². The second-order valence-corrected chi connectivity index (χ2v) is 10.6. The van der Waals surface area contributed by atoms with Crippen LogP contribution in [-0.4, -0.2) is 57.9 Å². The number of urea groups is 1. The Hall–Kier alpha value is -4.52. The van der Waals surface area contributed by atoms with Crippen molar-refractivity contribution in [2.24, 2.45) is 5.92 Å². The molecule has 0 radical (unpaired) electrons. The normalized spacial score (nSPS) is 17.4. The maximum absolute atomic E-state index is 14.1. The molecule has 2 aromatic carbocycles. The molecule has 40 heavy (non-hydrogen) atoms. The van der Waals surface area contributed by atoms with Crippen LogP contribution in [0.1, 0.15) is 42.1 Å². The van der Waals surface area contributed by atoms with Crippen molar-refractivity contribution in [3.8, 4) is 6.07 Å². The summed E-state index contributed by atoms with van der Waals surface area (Å²) >= 11 is 0. The largest absolute Gasteiger partial charge is 0.356 e. The van der Waals surface area contributed by atoms with E-state index in [0.29, 0.717) is 37.8 Å². The van der Waals surface area contributed by atoms with Crippen molar-refractivity contribution < 1.29 is 14.0 Å². The van der Waals surface area contributed by atoms with Gasteiger partial charge in [0.1, 0.15) is 24.0 Å². The Labute approximate surface area is 232 Å². The highest BCUT2D eigenvalue weighted by Gasteiger charge is 2.34. The van der Waals surface area contributed by atoms with E-state index in [0.717, 1.165) is 60.7 Å². The van der Waals surface area contributed by atoms with Gasteiger partial charge in [0.15, 0.2) is 0 Å². The number of rotatable bonds is 4. The fraction of sp³-hybridized carbons (Fsp3) is 0.367. The number of nitriles is 1. The number of anilines is 3. The third kappa shape index (κ3) is 4.72. The number of hydrogen-bond donors (Lipinski definition) is 0. The van der Waals surface area contributed by atoms with Crippen molar-refractivity contribution in [3.05, 3.63) is 77.0 Å². The van der Waals surface area contributed by atoms with Crippen LogP contribution >= 0.6 is 0 Å². The van der Waals surface area contributed by atoms with Gasteiger partial charge in [-0.3, -0.25) is 9.69 Å². The third-order valence-electron chi connectivity index (χ3n) is 8.20. The van der Waals surface area contributed by atoms with E-state index in [2.05, 4.69) is 14.9 Å². The van der Waals surface area contributed by atoms with Crippen LogP contribution in [0, 0.1) is 23.1 Å². The van der Waals surface area contributed by atoms with E-state index in [1.165, 1.54) is 12.1 Å². The van der Waals surface area contributed by atoms with Gasteiger partial charge in [-0.05, 0) is 48.6 Å². The summed E-state index contributed by atoms with van der Waals surface area (Å²) in [5.41, 5.74) is 4.19. The zero-order valence-corrected chi connectivity index (χ0v) is 22.4. The Kier molecular flexibility index (Phi) is 6.80. The average molecular weight is 540 g/mol. The molecule has 0 spiro atoms. The molecule has 0 saturated carbocycles. The molecule has 6 rings (SSSR count). The summed E-state index contributed by atoms with van der Waals surface area (Å²) < 4.78 is 14.1. The van der Waals surface area contributed by atoms with Crippen molar-refractivity contribution in [1.82, 2.24) is 19.8 Å². The fourth-order valence-corrected chi connectivity index (χ4v) is 6.02. The minimum Gasteiger partial charge on any atom is -0.356 e. The lowest BCUT2D eigenvalue weighted by molar-refractivity contribution is -0.129. The zero-order valence-electron chi connectivity index (χ0n) is 22.4. The number of carbonyl (C=O) groups excluding carboxylic acids is 2. The van der Waals surface area contributed by atoms with Gasteiger partial charge in [0.25, 0.3) is 0 Å².